The van der Waals surface area contributed by atoms with E-state index in [9.17, 15) is 5.26 Å². The first-order chi connectivity index (χ1) is 18.1. The van der Waals surface area contributed by atoms with Crippen molar-refractivity contribution < 1.29 is 8.98 Å². The van der Waals surface area contributed by atoms with Crippen LogP contribution >= 0.6 is 0 Å². The third-order valence-electron chi connectivity index (χ3n) is 7.45. The maximum absolute atomic E-state index is 10.0. The summed E-state index contributed by atoms with van der Waals surface area (Å²) in [6.07, 6.45) is 2.05. The van der Waals surface area contributed by atoms with Gasteiger partial charge >= 0.3 is 0 Å². The van der Waals surface area contributed by atoms with Crippen LogP contribution in [0.4, 0.5) is 0 Å². The minimum atomic E-state index is 0.282. The number of nitriles is 1. The van der Waals surface area contributed by atoms with Crippen molar-refractivity contribution in [3.05, 3.63) is 114 Å². The number of aromatic nitrogens is 1. The molecule has 4 aromatic carbocycles. The third kappa shape index (κ3) is 3.81. The quantitative estimate of drug-likeness (QED) is 0.225. The summed E-state index contributed by atoms with van der Waals surface area (Å²) in [6, 6.07) is 35.9. The molecule has 4 heteroatoms. The molecular weight excluding hydrogens is 451 g/mol. The predicted molar refractivity (Wildman–Crippen MR) is 153 cm³/mol. The van der Waals surface area contributed by atoms with Gasteiger partial charge in [-0.15, -0.1) is 0 Å². The first-order valence-corrected chi connectivity index (χ1v) is 12.6. The van der Waals surface area contributed by atoms with Gasteiger partial charge in [-0.3, -0.25) is 0 Å². The Kier molecular flexibility index (Phi) is 5.62. The maximum Gasteiger partial charge on any atom is 0.216 e. The number of hydrogen-bond donors (Lipinski definition) is 0. The number of fused-ring (bicyclic) bond motifs is 3. The van der Waals surface area contributed by atoms with Crippen LogP contribution in [0.5, 0.6) is 0 Å². The van der Waals surface area contributed by atoms with Gasteiger partial charge in [0.15, 0.2) is 6.20 Å². The number of rotatable bonds is 4. The van der Waals surface area contributed by atoms with Crippen molar-refractivity contribution in [1.29, 1.82) is 5.26 Å². The Morgan fingerprint density at radius 2 is 1.38 bits per heavy atom. The molecule has 0 spiro atoms. The van der Waals surface area contributed by atoms with Gasteiger partial charge in [-0.1, -0.05) is 84.5 Å². The molecule has 176 valence electrons. The zero-order valence-corrected chi connectivity index (χ0v) is 21.2. The van der Waals surface area contributed by atoms with Crippen molar-refractivity contribution in [2.24, 2.45) is 7.05 Å². The van der Waals surface area contributed by atoms with Gasteiger partial charge in [0.2, 0.25) is 12.4 Å². The van der Waals surface area contributed by atoms with E-state index in [0.717, 1.165) is 49.9 Å². The molecule has 37 heavy (non-hydrogen) atoms. The molecule has 0 aliphatic rings. The largest absolute Gasteiger partial charge is 0.454 e. The zero-order chi connectivity index (χ0) is 25.5. The topological polar surface area (TPSA) is 40.8 Å². The van der Waals surface area contributed by atoms with E-state index in [1.165, 1.54) is 10.9 Å². The van der Waals surface area contributed by atoms with Crippen LogP contribution in [0, 0.1) is 18.3 Å². The fourth-order valence-corrected chi connectivity index (χ4v) is 5.36. The van der Waals surface area contributed by atoms with Crippen molar-refractivity contribution >= 4 is 39.6 Å². The predicted octanol–water partition coefficient (Wildman–Crippen LogP) is 6.16. The van der Waals surface area contributed by atoms with Gasteiger partial charge in [-0.25, -0.2) is 4.57 Å². The lowest BCUT2D eigenvalue weighted by Crippen LogP contribution is -2.38. The molecule has 0 radical (unpaired) electrons. The first kappa shape index (κ1) is 22.8. The van der Waals surface area contributed by atoms with Crippen LogP contribution in [0.2, 0.25) is 6.82 Å². The van der Waals surface area contributed by atoms with E-state index in [2.05, 4.69) is 91.1 Å². The second-order valence-corrected chi connectivity index (χ2v) is 9.66. The van der Waals surface area contributed by atoms with E-state index in [4.69, 9.17) is 4.42 Å². The van der Waals surface area contributed by atoms with Gasteiger partial charge in [0.05, 0.1) is 17.2 Å². The number of aryl methyl sites for hydroxylation is 2. The molecule has 6 rings (SSSR count). The molecular formula is C33H26BN2O+. The molecule has 0 unspecified atom stereocenters. The van der Waals surface area contributed by atoms with Crippen LogP contribution in [0.15, 0.2) is 108 Å². The van der Waals surface area contributed by atoms with E-state index in [1.54, 1.807) is 0 Å². The molecule has 0 aliphatic carbocycles. The average molecular weight is 477 g/mol. The summed E-state index contributed by atoms with van der Waals surface area (Å²) in [5.41, 5.74) is 9.87. The molecule has 2 heterocycles. The van der Waals surface area contributed by atoms with Crippen LogP contribution in [0.1, 0.15) is 11.1 Å². The van der Waals surface area contributed by atoms with E-state index in [1.807, 2.05) is 43.6 Å². The number of hydrogen-bond acceptors (Lipinski definition) is 2. The molecule has 0 bridgehead atoms. The van der Waals surface area contributed by atoms with E-state index < -0.39 is 0 Å². The Morgan fingerprint density at radius 1 is 0.730 bits per heavy atom. The van der Waals surface area contributed by atoms with Crippen molar-refractivity contribution in [1.82, 2.24) is 0 Å². The smallest absolute Gasteiger partial charge is 0.216 e. The summed E-state index contributed by atoms with van der Waals surface area (Å²) in [7, 11) is 2.05. The lowest BCUT2D eigenvalue weighted by molar-refractivity contribution is -0.660. The average Bonchev–Trinajstić information content (AvgIpc) is 3.32. The Labute approximate surface area is 217 Å². The lowest BCUT2D eigenvalue weighted by atomic mass is 9.42. The highest BCUT2D eigenvalue weighted by Gasteiger charge is 2.23. The van der Waals surface area contributed by atoms with E-state index >= 15 is 0 Å². The monoisotopic (exact) mass is 477 g/mol. The molecule has 6 aromatic rings. The molecule has 3 nitrogen and oxygen atoms in total. The highest BCUT2D eigenvalue weighted by molar-refractivity contribution is 6.84. The van der Waals surface area contributed by atoms with Crippen LogP contribution in [-0.4, -0.2) is 6.71 Å². The molecule has 0 saturated heterocycles. The van der Waals surface area contributed by atoms with Crippen LogP contribution in [0.3, 0.4) is 0 Å². The number of benzene rings is 4. The van der Waals surface area contributed by atoms with Crippen LogP contribution < -0.4 is 15.5 Å². The Balaban J connectivity index is 1.55. The number of furan rings is 1. The fraction of sp³-hybridized carbons (Fsp3) is 0.0909. The minimum Gasteiger partial charge on any atom is -0.454 e. The minimum absolute atomic E-state index is 0.282. The Bertz CT molecular complexity index is 1810. The molecule has 2 aromatic heterocycles. The second-order valence-electron chi connectivity index (χ2n) is 9.66. The van der Waals surface area contributed by atoms with Crippen molar-refractivity contribution in [3.8, 4) is 28.5 Å². The van der Waals surface area contributed by atoms with Gasteiger partial charge in [0, 0.05) is 28.5 Å². The van der Waals surface area contributed by atoms with Crippen LogP contribution in [-0.2, 0) is 7.05 Å². The summed E-state index contributed by atoms with van der Waals surface area (Å²) >= 11 is 0. The number of nitrogens with zero attached hydrogens (tertiary/aromatic N) is 2. The standard InChI is InChI=1S/C33H26BN2O/c1-22-12-18-27-28-19-15-24(21-35)31(33(28)37-32(27)30(22)29-11-7-8-20-36(29)3)23-13-16-26(17-14-23)34(2)25-9-5-4-6-10-25/h4-20H,1-3H3/q+1. The Hall–Kier alpha value is -4.62. The lowest BCUT2D eigenvalue weighted by Gasteiger charge is -2.11. The van der Waals surface area contributed by atoms with Crippen LogP contribution in [0.25, 0.3) is 44.3 Å². The fourth-order valence-electron chi connectivity index (χ4n) is 5.36. The summed E-state index contributed by atoms with van der Waals surface area (Å²) in [6.45, 7) is 4.62. The molecule has 0 atom stereocenters. The molecule has 0 aliphatic heterocycles. The van der Waals surface area contributed by atoms with Crippen molar-refractivity contribution in [2.45, 2.75) is 13.7 Å². The summed E-state index contributed by atoms with van der Waals surface area (Å²) in [5, 5.41) is 12.1. The number of pyridine rings is 1. The van der Waals surface area contributed by atoms with Gasteiger partial charge < -0.3 is 4.42 Å². The van der Waals surface area contributed by atoms with Gasteiger partial charge in [-0.05, 0) is 36.2 Å². The molecule has 0 fully saturated rings. The maximum atomic E-state index is 10.0. The Morgan fingerprint density at radius 3 is 2.08 bits per heavy atom. The highest BCUT2D eigenvalue weighted by Crippen LogP contribution is 2.41. The summed E-state index contributed by atoms with van der Waals surface area (Å²) < 4.78 is 8.80. The van der Waals surface area contributed by atoms with E-state index in [0.29, 0.717) is 5.56 Å². The second kappa shape index (κ2) is 9.11. The van der Waals surface area contributed by atoms with E-state index in [-0.39, 0.29) is 6.71 Å². The third-order valence-corrected chi connectivity index (χ3v) is 7.45. The zero-order valence-electron chi connectivity index (χ0n) is 21.2. The van der Waals surface area contributed by atoms with Crippen molar-refractivity contribution in [3.63, 3.8) is 0 Å². The van der Waals surface area contributed by atoms with Gasteiger partial charge in [0.1, 0.15) is 18.2 Å². The molecule has 0 saturated carbocycles. The normalized spacial score (nSPS) is 11.1. The van der Waals surface area contributed by atoms with Gasteiger partial charge in [0.25, 0.3) is 0 Å². The SMILES string of the molecule is CB(c1ccccc1)c1ccc(-c2c(C#N)ccc3c2oc2c(-c4cccc[n+]4C)c(C)ccc23)cc1. The first-order valence-electron chi connectivity index (χ1n) is 12.6. The van der Waals surface area contributed by atoms with Crippen molar-refractivity contribution in [2.75, 3.05) is 0 Å². The highest BCUT2D eigenvalue weighted by atomic mass is 16.3. The molecule has 0 N–H and O–H groups in total. The summed E-state index contributed by atoms with van der Waals surface area (Å²) in [5.74, 6) is 0. The summed E-state index contributed by atoms with van der Waals surface area (Å²) in [4.78, 5) is 0. The molecule has 0 amide bonds. The van der Waals surface area contributed by atoms with Gasteiger partial charge in [-0.2, -0.15) is 5.26 Å².